The summed E-state index contributed by atoms with van der Waals surface area (Å²) in [5.74, 6) is 0.905. The van der Waals surface area contributed by atoms with Crippen LogP contribution in [0.15, 0.2) is 18.2 Å². The van der Waals surface area contributed by atoms with E-state index in [9.17, 15) is 8.78 Å². The Balaban J connectivity index is 3.02. The van der Waals surface area contributed by atoms with Crippen LogP contribution in [0.4, 0.5) is 8.78 Å². The normalized spacial score (nSPS) is 12.6. The van der Waals surface area contributed by atoms with Crippen molar-refractivity contribution in [3.8, 4) is 11.5 Å². The fraction of sp³-hybridized carbons (Fsp3) is 0.455. The first kappa shape index (κ1) is 12.7. The average molecular weight is 231 g/mol. The van der Waals surface area contributed by atoms with Gasteiger partial charge in [-0.15, -0.1) is 0 Å². The van der Waals surface area contributed by atoms with Gasteiger partial charge in [0.1, 0.15) is 0 Å². The molecule has 0 spiro atoms. The molecular weight excluding hydrogens is 216 g/mol. The molecular formula is C11H15F2NO2. The Labute approximate surface area is 93.2 Å². The molecule has 0 aliphatic heterocycles. The summed E-state index contributed by atoms with van der Waals surface area (Å²) < 4.78 is 34.7. The van der Waals surface area contributed by atoms with Gasteiger partial charge in [0.05, 0.1) is 14.2 Å². The van der Waals surface area contributed by atoms with E-state index < -0.39 is 18.9 Å². The highest BCUT2D eigenvalue weighted by atomic mass is 19.3. The van der Waals surface area contributed by atoms with Crippen LogP contribution in [0.25, 0.3) is 0 Å². The lowest BCUT2D eigenvalue weighted by atomic mass is 10.0. The number of hydrogen-bond acceptors (Lipinski definition) is 3. The molecule has 0 bridgehead atoms. The van der Waals surface area contributed by atoms with Crippen molar-refractivity contribution >= 4 is 0 Å². The Morgan fingerprint density at radius 3 is 2.44 bits per heavy atom. The van der Waals surface area contributed by atoms with E-state index >= 15 is 0 Å². The van der Waals surface area contributed by atoms with E-state index in [1.807, 2.05) is 0 Å². The molecule has 0 radical (unpaired) electrons. The summed E-state index contributed by atoms with van der Waals surface area (Å²) in [6.07, 6.45) is -2.84. The maximum atomic E-state index is 12.2. The lowest BCUT2D eigenvalue weighted by molar-refractivity contribution is 0.128. The van der Waals surface area contributed by atoms with Crippen LogP contribution in [0, 0.1) is 0 Å². The smallest absolute Gasteiger partial charge is 0.240 e. The van der Waals surface area contributed by atoms with Crippen molar-refractivity contribution in [1.82, 2.24) is 0 Å². The Bertz CT molecular complexity index is 345. The van der Waals surface area contributed by atoms with Gasteiger partial charge in [0.2, 0.25) is 6.43 Å². The van der Waals surface area contributed by atoms with Crippen molar-refractivity contribution in [2.75, 3.05) is 14.2 Å². The van der Waals surface area contributed by atoms with E-state index in [1.165, 1.54) is 14.2 Å². The number of halogens is 2. The zero-order valence-electron chi connectivity index (χ0n) is 9.24. The van der Waals surface area contributed by atoms with Crippen molar-refractivity contribution in [3.05, 3.63) is 23.8 Å². The number of methoxy groups -OCH3 is 2. The molecule has 0 fully saturated rings. The molecule has 0 saturated carbocycles. The standard InChI is InChI=1S/C11H15F2NO2/c1-15-9-5-3-4-7(11(9)16-2)8(14)6-10(12)13/h3-5,8,10H,6,14H2,1-2H3/t8-/m0/s1. The van der Waals surface area contributed by atoms with Crippen LogP contribution in [0.2, 0.25) is 0 Å². The third-order valence-electron chi connectivity index (χ3n) is 2.26. The van der Waals surface area contributed by atoms with Gasteiger partial charge in [-0.25, -0.2) is 8.78 Å². The largest absolute Gasteiger partial charge is 0.493 e. The highest BCUT2D eigenvalue weighted by molar-refractivity contribution is 5.47. The van der Waals surface area contributed by atoms with Crippen molar-refractivity contribution in [2.24, 2.45) is 5.73 Å². The third-order valence-corrected chi connectivity index (χ3v) is 2.26. The summed E-state index contributed by atoms with van der Waals surface area (Å²) in [6, 6.07) is 4.29. The van der Waals surface area contributed by atoms with Crippen LogP contribution in [0.1, 0.15) is 18.0 Å². The molecule has 1 aromatic rings. The van der Waals surface area contributed by atoms with Crippen molar-refractivity contribution in [3.63, 3.8) is 0 Å². The van der Waals surface area contributed by atoms with Crippen LogP contribution in [0.3, 0.4) is 0 Å². The van der Waals surface area contributed by atoms with E-state index in [4.69, 9.17) is 15.2 Å². The number of rotatable bonds is 5. The van der Waals surface area contributed by atoms with Crippen molar-refractivity contribution in [2.45, 2.75) is 18.9 Å². The number of ether oxygens (including phenoxy) is 2. The molecule has 1 atom stereocenters. The van der Waals surface area contributed by atoms with Crippen LogP contribution >= 0.6 is 0 Å². The van der Waals surface area contributed by atoms with Gasteiger partial charge in [-0.1, -0.05) is 12.1 Å². The maximum absolute atomic E-state index is 12.2. The number of para-hydroxylation sites is 1. The van der Waals surface area contributed by atoms with E-state index in [2.05, 4.69) is 0 Å². The van der Waals surface area contributed by atoms with Crippen molar-refractivity contribution < 1.29 is 18.3 Å². The maximum Gasteiger partial charge on any atom is 0.240 e. The minimum atomic E-state index is -2.44. The van der Waals surface area contributed by atoms with Gasteiger partial charge >= 0.3 is 0 Å². The molecule has 90 valence electrons. The molecule has 0 saturated heterocycles. The van der Waals surface area contributed by atoms with Crippen LogP contribution < -0.4 is 15.2 Å². The second-order valence-corrected chi connectivity index (χ2v) is 3.32. The molecule has 0 unspecified atom stereocenters. The molecule has 0 aliphatic carbocycles. The first-order valence-corrected chi connectivity index (χ1v) is 4.84. The van der Waals surface area contributed by atoms with Crippen LogP contribution in [-0.2, 0) is 0 Å². The van der Waals surface area contributed by atoms with Gasteiger partial charge < -0.3 is 15.2 Å². The highest BCUT2D eigenvalue weighted by Gasteiger charge is 2.19. The van der Waals surface area contributed by atoms with Crippen molar-refractivity contribution in [1.29, 1.82) is 0 Å². The number of hydrogen-bond donors (Lipinski definition) is 1. The SMILES string of the molecule is COc1cccc([C@@H](N)CC(F)F)c1OC. The van der Waals surface area contributed by atoms with Crippen LogP contribution in [0.5, 0.6) is 11.5 Å². The zero-order valence-corrected chi connectivity index (χ0v) is 9.24. The first-order valence-electron chi connectivity index (χ1n) is 4.84. The molecule has 0 amide bonds. The molecule has 0 heterocycles. The minimum absolute atomic E-state index is 0.399. The third kappa shape index (κ3) is 2.82. The van der Waals surface area contributed by atoms with Crippen LogP contribution in [-0.4, -0.2) is 20.6 Å². The van der Waals surface area contributed by atoms with Gasteiger partial charge in [0, 0.05) is 18.0 Å². The number of benzene rings is 1. The highest BCUT2D eigenvalue weighted by Crippen LogP contribution is 2.35. The molecule has 2 N–H and O–H groups in total. The Morgan fingerprint density at radius 1 is 1.25 bits per heavy atom. The summed E-state index contributed by atoms with van der Waals surface area (Å²) in [5.41, 5.74) is 6.21. The van der Waals surface area contributed by atoms with Gasteiger partial charge in [0.25, 0.3) is 0 Å². The predicted molar refractivity (Wildman–Crippen MR) is 57.1 cm³/mol. The van der Waals surface area contributed by atoms with Gasteiger partial charge in [-0.05, 0) is 6.07 Å². The molecule has 0 aliphatic rings. The summed E-state index contributed by atoms with van der Waals surface area (Å²) in [7, 11) is 2.94. The predicted octanol–water partition coefficient (Wildman–Crippen LogP) is 2.36. The zero-order chi connectivity index (χ0) is 12.1. The summed E-state index contributed by atoms with van der Waals surface area (Å²) >= 11 is 0. The Morgan fingerprint density at radius 2 is 1.94 bits per heavy atom. The number of alkyl halides is 2. The second-order valence-electron chi connectivity index (χ2n) is 3.32. The van der Waals surface area contributed by atoms with E-state index in [0.717, 1.165) is 0 Å². The molecule has 1 rings (SSSR count). The topological polar surface area (TPSA) is 44.5 Å². The monoisotopic (exact) mass is 231 g/mol. The van der Waals surface area contributed by atoms with E-state index in [1.54, 1.807) is 18.2 Å². The van der Waals surface area contributed by atoms with Gasteiger partial charge in [-0.2, -0.15) is 0 Å². The molecule has 1 aromatic carbocycles. The lowest BCUT2D eigenvalue weighted by Gasteiger charge is -2.17. The van der Waals surface area contributed by atoms with Gasteiger partial charge in [-0.3, -0.25) is 0 Å². The van der Waals surface area contributed by atoms with Gasteiger partial charge in [0.15, 0.2) is 11.5 Å². The summed E-state index contributed by atoms with van der Waals surface area (Å²) in [5, 5.41) is 0. The Hall–Kier alpha value is -1.36. The molecule has 0 aromatic heterocycles. The number of nitrogens with two attached hydrogens (primary N) is 1. The minimum Gasteiger partial charge on any atom is -0.493 e. The fourth-order valence-electron chi connectivity index (χ4n) is 1.52. The van der Waals surface area contributed by atoms with E-state index in [0.29, 0.717) is 17.1 Å². The summed E-state index contributed by atoms with van der Waals surface area (Å²) in [6.45, 7) is 0. The van der Waals surface area contributed by atoms with E-state index in [-0.39, 0.29) is 0 Å². The molecule has 5 heteroatoms. The average Bonchev–Trinajstić information content (AvgIpc) is 2.26. The lowest BCUT2D eigenvalue weighted by Crippen LogP contribution is -2.15. The quantitative estimate of drug-likeness (QED) is 0.846. The Kier molecular flexibility index (Phi) is 4.49. The molecule has 16 heavy (non-hydrogen) atoms. The first-order chi connectivity index (χ1) is 7.60. The fourth-order valence-corrected chi connectivity index (χ4v) is 1.52. The second kappa shape index (κ2) is 5.65. The summed E-state index contributed by atoms with van der Waals surface area (Å²) in [4.78, 5) is 0. The molecule has 3 nitrogen and oxygen atoms in total.